The van der Waals surface area contributed by atoms with E-state index in [1.807, 2.05) is 16.7 Å². The molecule has 0 amide bonds. The second-order valence-electron chi connectivity index (χ2n) is 4.83. The van der Waals surface area contributed by atoms with Crippen LogP contribution in [0.15, 0.2) is 0 Å². The maximum absolute atomic E-state index is 3.83. The topological polar surface area (TPSA) is 6.48 Å². The van der Waals surface area contributed by atoms with Crippen LogP contribution in [0, 0.1) is 82.7 Å². The third-order valence-electron chi connectivity index (χ3n) is 3.78. The predicted octanol–water partition coefficient (Wildman–Crippen LogP) is 4.73. The summed E-state index contributed by atoms with van der Waals surface area (Å²) in [6.07, 6.45) is 0. The van der Waals surface area contributed by atoms with Crippen LogP contribution in [0.1, 0.15) is 20.8 Å². The van der Waals surface area contributed by atoms with Crippen LogP contribution in [0.2, 0.25) is 0 Å². The standard InChI is InChI=1S/C8H16N.2C6H12N.2C2H5.9Y/c1-5-9(6-2,7-3)8-4;2*1-4-7(5-2)6-3;2*1-2;;;;;;;;;/h8H,1-3,5-7H2,4H3;2*1-6H2;2*1H2,2H3;;;;;;;;;/q3*-3;2*-1;;;;;;;;;. The Morgan fingerprint density at radius 1 is 0.417 bits per heavy atom. The molecule has 0 aromatic rings. The molecule has 3 nitrogen and oxygen atoms in total. The fourth-order valence-corrected chi connectivity index (χ4v) is 1.39. The maximum atomic E-state index is 3.83. The third-order valence-corrected chi connectivity index (χ3v) is 3.78. The van der Waals surface area contributed by atoms with Crippen molar-refractivity contribution in [3.8, 4) is 0 Å². The van der Waals surface area contributed by atoms with Gasteiger partial charge in [-0.05, 0) is 0 Å². The van der Waals surface area contributed by atoms with Gasteiger partial charge in [-0.25, -0.2) is 0 Å². The van der Waals surface area contributed by atoms with Crippen LogP contribution in [0.4, 0.5) is 0 Å². The molecule has 0 spiro atoms. The average molecular weight is 1180 g/mol. The normalized spacial score (nSPS) is 7.33. The minimum absolute atomic E-state index is 0. The Morgan fingerprint density at radius 2 is 0.556 bits per heavy atom. The number of hydrogen-bond acceptors (Lipinski definition) is 2. The van der Waals surface area contributed by atoms with E-state index in [0.717, 1.165) is 63.4 Å². The first kappa shape index (κ1) is 90.9. The molecule has 0 rings (SSSR count). The molecule has 0 aromatic heterocycles. The van der Waals surface area contributed by atoms with Gasteiger partial charge in [-0.3, -0.25) is 20.8 Å². The van der Waals surface area contributed by atoms with Crippen LogP contribution in [0.5, 0.6) is 0 Å². The van der Waals surface area contributed by atoms with Crippen molar-refractivity contribution in [1.29, 1.82) is 0 Å². The third kappa shape index (κ3) is 70.2. The molecule has 0 atom stereocenters. The van der Waals surface area contributed by atoms with Crippen molar-refractivity contribution in [3.05, 3.63) is 82.7 Å². The molecule has 9 radical (unpaired) electrons. The molecule has 0 heterocycles. The van der Waals surface area contributed by atoms with E-state index in [-0.39, 0.29) is 294 Å². The molecule has 36 heavy (non-hydrogen) atoms. The Labute approximate surface area is 459 Å². The molecule has 0 saturated carbocycles. The van der Waals surface area contributed by atoms with Gasteiger partial charge in [0.05, 0.1) is 0 Å². The molecule has 12 heteroatoms. The maximum Gasteiger partial charge on any atom is 0 e. The summed E-state index contributed by atoms with van der Waals surface area (Å²) in [6.45, 7) is 55.1. The summed E-state index contributed by atoms with van der Waals surface area (Å²) in [7, 11) is 0. The summed E-state index contributed by atoms with van der Waals surface area (Å²) < 4.78 is 0.819. The van der Waals surface area contributed by atoms with Crippen molar-refractivity contribution in [1.82, 2.24) is 9.80 Å². The van der Waals surface area contributed by atoms with Gasteiger partial charge in [0.1, 0.15) is 0 Å². The molecule has 0 aromatic carbocycles. The van der Waals surface area contributed by atoms with Crippen LogP contribution in [0.3, 0.4) is 0 Å². The van der Waals surface area contributed by atoms with Crippen LogP contribution in [-0.2, 0) is 294 Å². The van der Waals surface area contributed by atoms with Gasteiger partial charge < -0.3 is 69.7 Å². The minimum atomic E-state index is 0. The zero-order valence-electron chi connectivity index (χ0n) is 24.3. The Morgan fingerprint density at radius 3 is 0.556 bits per heavy atom. The first-order valence-electron chi connectivity index (χ1n) is 9.60. The van der Waals surface area contributed by atoms with Crippen molar-refractivity contribution >= 4 is 0 Å². The molecule has 199 valence electrons. The monoisotopic (exact) mass is 1180 g/mol. The van der Waals surface area contributed by atoms with Crippen molar-refractivity contribution in [2.75, 3.05) is 58.9 Å². The largest absolute Gasteiger partial charge is 0.531 e. The molecular weight excluding hydrogens is 1130 g/mol. The SMILES string of the molecule is [CH2-]C.[CH2-]C.[CH2-]CN(C[CH2-])C[CH2-].[CH2-]CN(C[CH2-])C[CH2-].[CH2-]C[N+]([CH-]C)(C[CH2-])C[CH2-].[Y].[Y].[Y].[Y].[Y].[Y].[Y].[Y].[Y]. The van der Waals surface area contributed by atoms with E-state index < -0.39 is 0 Å². The van der Waals surface area contributed by atoms with Gasteiger partial charge >= 0.3 is 0 Å². The number of hydrogen-bond donors (Lipinski definition) is 0. The van der Waals surface area contributed by atoms with E-state index in [2.05, 4.69) is 82.7 Å². The van der Waals surface area contributed by atoms with Crippen molar-refractivity contribution in [3.63, 3.8) is 0 Å². The second-order valence-corrected chi connectivity index (χ2v) is 4.83. The first-order chi connectivity index (χ1) is 12.9. The van der Waals surface area contributed by atoms with E-state index in [1.54, 1.807) is 13.8 Å². The Kier molecular flexibility index (Phi) is 215. The van der Waals surface area contributed by atoms with Crippen molar-refractivity contribution in [2.45, 2.75) is 20.8 Å². The van der Waals surface area contributed by atoms with Gasteiger partial charge in [0.25, 0.3) is 0 Å². The summed E-state index contributed by atoms with van der Waals surface area (Å²) in [5, 5.41) is 0. The summed E-state index contributed by atoms with van der Waals surface area (Å²) in [5.74, 6) is 0. The van der Waals surface area contributed by atoms with Crippen LogP contribution < -0.4 is 0 Å². The smallest absolute Gasteiger partial charge is 0 e. The summed E-state index contributed by atoms with van der Waals surface area (Å²) in [5.41, 5.74) is 0. The molecule has 0 aliphatic rings. The van der Waals surface area contributed by atoms with Crippen molar-refractivity contribution < 1.29 is 299 Å². The Hall–Kier alpha value is 9.82. The summed E-state index contributed by atoms with van der Waals surface area (Å²) >= 11 is 0. The van der Waals surface area contributed by atoms with Gasteiger partial charge in [-0.2, -0.15) is 13.8 Å². The van der Waals surface area contributed by atoms with E-state index in [4.69, 9.17) is 0 Å². The summed E-state index contributed by atoms with van der Waals surface area (Å²) in [6, 6.07) is 0. The minimum Gasteiger partial charge on any atom is -0.531 e. The molecule has 0 unspecified atom stereocenters. The van der Waals surface area contributed by atoms with E-state index in [9.17, 15) is 0 Å². The zero-order chi connectivity index (χ0) is 22.7. The predicted molar refractivity (Wildman–Crippen MR) is 128 cm³/mol. The van der Waals surface area contributed by atoms with Gasteiger partial charge in [0.2, 0.25) is 0 Å². The molecule has 0 bridgehead atoms. The summed E-state index contributed by atoms with van der Waals surface area (Å²) in [4.78, 5) is 4.08. The Balaban J connectivity index is -0.0000000141. The number of quaternary nitrogens is 1. The molecule has 0 fully saturated rings. The fourth-order valence-electron chi connectivity index (χ4n) is 1.39. The van der Waals surface area contributed by atoms with E-state index >= 15 is 0 Å². The number of rotatable bonds is 10. The second kappa shape index (κ2) is 85.0. The van der Waals surface area contributed by atoms with Gasteiger partial charge in [-0.15, -0.1) is 52.7 Å². The van der Waals surface area contributed by atoms with Crippen molar-refractivity contribution in [2.24, 2.45) is 0 Å². The molecular formula is C24H50N3Y9-11. The van der Waals surface area contributed by atoms with Gasteiger partial charge in [0.15, 0.2) is 0 Å². The van der Waals surface area contributed by atoms with Gasteiger partial charge in [0, 0.05) is 294 Å². The fraction of sp³-hybridized carbons (Fsp3) is 0.500. The van der Waals surface area contributed by atoms with Crippen LogP contribution >= 0.6 is 0 Å². The number of nitrogens with zero attached hydrogens (tertiary/aromatic N) is 3. The molecule has 0 N–H and O–H groups in total. The molecule has 0 aliphatic carbocycles. The molecule has 0 saturated heterocycles. The van der Waals surface area contributed by atoms with Crippen LogP contribution in [0.25, 0.3) is 0 Å². The first-order valence-corrected chi connectivity index (χ1v) is 9.60. The van der Waals surface area contributed by atoms with Gasteiger partial charge in [-0.1, -0.05) is 19.6 Å². The van der Waals surface area contributed by atoms with E-state index in [1.165, 1.54) is 0 Å². The quantitative estimate of drug-likeness (QED) is 0.231. The van der Waals surface area contributed by atoms with Crippen LogP contribution in [-0.4, -0.2) is 73.2 Å². The zero-order valence-corrected chi connectivity index (χ0v) is 49.8. The average Bonchev–Trinajstić information content (AvgIpc) is 2.76. The Bertz CT molecular complexity index is 184. The van der Waals surface area contributed by atoms with E-state index in [0.29, 0.717) is 0 Å². The molecule has 0 aliphatic heterocycles.